The second-order valence-corrected chi connectivity index (χ2v) is 8.96. The Morgan fingerprint density at radius 2 is 2.09 bits per heavy atom. The highest BCUT2D eigenvalue weighted by atomic mass is 31.2. The molecule has 0 spiro atoms. The van der Waals surface area contributed by atoms with Crippen molar-refractivity contribution in [2.24, 2.45) is 5.73 Å². The largest absolute Gasteiger partial charge is 0.508 e. The molecule has 0 bridgehead atoms. The van der Waals surface area contributed by atoms with Crippen molar-refractivity contribution in [1.29, 1.82) is 0 Å². The number of benzene rings is 1. The van der Waals surface area contributed by atoms with E-state index in [-0.39, 0.29) is 18.2 Å². The van der Waals surface area contributed by atoms with Gasteiger partial charge in [-0.1, -0.05) is 0 Å². The maximum Gasteiger partial charge on any atom is 0.351 e. The monoisotopic (exact) mass is 469 g/mol. The topological polar surface area (TPSA) is 193 Å². The van der Waals surface area contributed by atoms with E-state index in [0.29, 0.717) is 5.56 Å². The predicted molar refractivity (Wildman–Crippen MR) is 111 cm³/mol. The van der Waals surface area contributed by atoms with Crippen molar-refractivity contribution >= 4 is 19.2 Å². The quantitative estimate of drug-likeness (QED) is 0.318. The number of phenols is 1. The first-order chi connectivity index (χ1) is 15.0. The summed E-state index contributed by atoms with van der Waals surface area (Å²) in [5.74, 6) is -0.458. The average molecular weight is 469 g/mol. The van der Waals surface area contributed by atoms with E-state index in [4.69, 9.17) is 15.0 Å². The summed E-state index contributed by atoms with van der Waals surface area (Å²) >= 11 is 0. The second kappa shape index (κ2) is 9.36. The maximum atomic E-state index is 12.4. The molecule has 1 fully saturated rings. The number of primary amides is 1. The van der Waals surface area contributed by atoms with Gasteiger partial charge in [0.1, 0.15) is 30.4 Å². The molecule has 6 N–H and O–H groups in total. The first-order valence-corrected chi connectivity index (χ1v) is 11.0. The minimum absolute atomic E-state index is 0.0942. The van der Waals surface area contributed by atoms with E-state index in [2.05, 4.69) is 10.1 Å². The number of aliphatic hydroxyl groups excluding tert-OH is 2. The van der Waals surface area contributed by atoms with Crippen molar-refractivity contribution in [3.8, 4) is 5.75 Å². The minimum atomic E-state index is -4.29. The summed E-state index contributed by atoms with van der Waals surface area (Å²) in [6.07, 6.45) is -3.12. The fraction of sp³-hybridized carbons (Fsp3) is 0.389. The van der Waals surface area contributed by atoms with Crippen molar-refractivity contribution in [1.82, 2.24) is 14.8 Å². The molecule has 1 aliphatic rings. The molecule has 5 atom stereocenters. The van der Waals surface area contributed by atoms with Gasteiger partial charge in [0, 0.05) is 31.2 Å². The number of nitrogens with zero attached hydrogens (tertiary/aromatic N) is 4. The van der Waals surface area contributed by atoms with Gasteiger partial charge in [0.25, 0.3) is 5.91 Å². The molecular weight excluding hydrogens is 445 g/mol. The zero-order valence-electron chi connectivity index (χ0n) is 17.2. The van der Waals surface area contributed by atoms with Gasteiger partial charge in [-0.25, -0.2) is 9.67 Å². The first-order valence-electron chi connectivity index (χ1n) is 9.36. The third-order valence-corrected chi connectivity index (χ3v) is 5.76. The van der Waals surface area contributed by atoms with E-state index in [9.17, 15) is 29.6 Å². The van der Waals surface area contributed by atoms with Crippen molar-refractivity contribution in [3.63, 3.8) is 0 Å². The Balaban J connectivity index is 1.66. The molecule has 32 heavy (non-hydrogen) atoms. The summed E-state index contributed by atoms with van der Waals surface area (Å²) in [7, 11) is -0.680. The molecule has 174 valence electrons. The molecule has 0 radical (unpaired) electrons. The van der Waals surface area contributed by atoms with Crippen LogP contribution in [0.5, 0.6) is 5.75 Å². The lowest BCUT2D eigenvalue weighted by atomic mass is 10.1. The number of aromatic nitrogens is 3. The van der Waals surface area contributed by atoms with E-state index in [1.165, 1.54) is 6.07 Å². The molecule has 1 aromatic carbocycles. The second-order valence-electron chi connectivity index (χ2n) is 7.27. The number of aliphatic hydroxyl groups is 2. The van der Waals surface area contributed by atoms with Crippen LogP contribution in [0.2, 0.25) is 0 Å². The van der Waals surface area contributed by atoms with Crippen LogP contribution in [-0.2, 0) is 20.4 Å². The predicted octanol–water partition coefficient (Wildman–Crippen LogP) is -0.316. The van der Waals surface area contributed by atoms with Crippen molar-refractivity contribution in [3.05, 3.63) is 47.8 Å². The van der Waals surface area contributed by atoms with E-state index < -0.39 is 38.0 Å². The van der Waals surface area contributed by atoms with Gasteiger partial charge in [0.15, 0.2) is 6.23 Å². The summed E-state index contributed by atoms with van der Waals surface area (Å²) in [4.78, 5) is 26.7. The maximum absolute atomic E-state index is 12.4. The third kappa shape index (κ3) is 5.33. The summed E-state index contributed by atoms with van der Waals surface area (Å²) < 4.78 is 23.9. The summed E-state index contributed by atoms with van der Waals surface area (Å²) in [6.45, 7) is -0.347. The lowest BCUT2D eigenvalue weighted by molar-refractivity contribution is -0.0346. The number of phenolic OH excluding ortho intramolecular Hbond substituents is 1. The number of rotatable bonds is 8. The Hall–Kier alpha value is -2.80. The van der Waals surface area contributed by atoms with Crippen LogP contribution < -0.4 is 10.6 Å². The van der Waals surface area contributed by atoms with Gasteiger partial charge in [-0.3, -0.25) is 9.36 Å². The van der Waals surface area contributed by atoms with Crippen LogP contribution in [0.25, 0.3) is 0 Å². The van der Waals surface area contributed by atoms with Crippen molar-refractivity contribution < 1.29 is 38.8 Å². The molecule has 1 amide bonds. The number of hydrogen-bond acceptors (Lipinski definition) is 10. The van der Waals surface area contributed by atoms with Crippen molar-refractivity contribution in [2.45, 2.75) is 31.1 Å². The number of carbonyl (C=O) groups excluding carboxylic acids is 1. The fourth-order valence-corrected chi connectivity index (χ4v) is 3.74. The van der Waals surface area contributed by atoms with Gasteiger partial charge in [-0.2, -0.15) is 0 Å². The highest BCUT2D eigenvalue weighted by Crippen LogP contribution is 2.46. The van der Waals surface area contributed by atoms with Gasteiger partial charge in [0.05, 0.1) is 6.61 Å². The van der Waals surface area contributed by atoms with Gasteiger partial charge in [-0.15, -0.1) is 5.10 Å². The summed E-state index contributed by atoms with van der Waals surface area (Å²) in [5.41, 5.74) is 6.15. The molecule has 0 aliphatic carbocycles. The van der Waals surface area contributed by atoms with Crippen LogP contribution in [0.4, 0.5) is 5.69 Å². The Kier molecular flexibility index (Phi) is 6.98. The zero-order valence-corrected chi connectivity index (χ0v) is 18.1. The highest BCUT2D eigenvalue weighted by molar-refractivity contribution is 7.56. The number of anilines is 1. The van der Waals surface area contributed by atoms with E-state index in [1.54, 1.807) is 31.1 Å². The molecule has 2 aromatic rings. The molecule has 1 aromatic heterocycles. The molecule has 13 nitrogen and oxygen atoms in total. The van der Waals surface area contributed by atoms with Crippen LogP contribution in [0, 0.1) is 0 Å². The Morgan fingerprint density at radius 1 is 1.38 bits per heavy atom. The molecule has 3 rings (SSSR count). The average Bonchev–Trinajstić information content (AvgIpc) is 3.32. The number of ether oxygens (including phenoxy) is 1. The number of aromatic hydroxyl groups is 1. The molecule has 14 heteroatoms. The van der Waals surface area contributed by atoms with E-state index >= 15 is 0 Å². The van der Waals surface area contributed by atoms with Gasteiger partial charge in [-0.05, 0) is 24.3 Å². The van der Waals surface area contributed by atoms with Crippen molar-refractivity contribution in [2.75, 3.05) is 19.0 Å². The lowest BCUT2D eigenvalue weighted by Crippen LogP contribution is -2.31. The lowest BCUT2D eigenvalue weighted by Gasteiger charge is -2.16. The van der Waals surface area contributed by atoms with Gasteiger partial charge in [0.2, 0.25) is 5.82 Å². The summed E-state index contributed by atoms with van der Waals surface area (Å²) in [5, 5.41) is 34.1. The van der Waals surface area contributed by atoms with Crippen LogP contribution in [0.3, 0.4) is 0 Å². The smallest absolute Gasteiger partial charge is 0.351 e. The highest BCUT2D eigenvalue weighted by Gasteiger charge is 2.43. The number of amides is 1. The SMILES string of the molecule is CN(C)c1ccc(O)c(COP(=O)(O)/C=C/[C@H]2OC(n3cnc(C(N)=O)n3)[C@H](O)[C@@H]2O)c1. The van der Waals surface area contributed by atoms with Gasteiger partial charge < -0.3 is 40.1 Å². The van der Waals surface area contributed by atoms with E-state index in [1.807, 2.05) is 0 Å². The standard InChI is InChI=1S/C18H24N5O8P/c1-22(2)11-3-4-12(24)10(7-11)8-30-32(28,29)6-5-13-14(25)15(26)18(31-13)23-9-20-17(21-23)16(19)27/h3-7,9,13-15,18,24-26H,8H2,1-2H3,(H2,19,27)(H,28,29)/b6-5+/t13-,14-,15-,18?/m1/s1. The molecule has 0 saturated carbocycles. The molecule has 2 unspecified atom stereocenters. The Morgan fingerprint density at radius 3 is 2.72 bits per heavy atom. The van der Waals surface area contributed by atoms with Crippen LogP contribution >= 0.6 is 7.60 Å². The Labute approximate surface area is 182 Å². The third-order valence-electron chi connectivity index (χ3n) is 4.71. The minimum Gasteiger partial charge on any atom is -0.508 e. The van der Waals surface area contributed by atoms with Crippen LogP contribution in [0.1, 0.15) is 22.4 Å². The Bertz CT molecular complexity index is 1060. The van der Waals surface area contributed by atoms with Gasteiger partial charge >= 0.3 is 7.60 Å². The van der Waals surface area contributed by atoms with Crippen LogP contribution in [0.15, 0.2) is 36.4 Å². The zero-order chi connectivity index (χ0) is 23.6. The molecule has 1 aliphatic heterocycles. The molecule has 2 heterocycles. The number of hydrogen-bond donors (Lipinski definition) is 5. The molecule has 1 saturated heterocycles. The summed E-state index contributed by atoms with van der Waals surface area (Å²) in [6, 6.07) is 4.74. The number of carbonyl (C=O) groups is 1. The first kappa shape index (κ1) is 23.9. The number of nitrogens with two attached hydrogens (primary N) is 1. The normalized spacial score (nSPS) is 25.2. The van der Waals surface area contributed by atoms with Crippen LogP contribution in [-0.4, -0.2) is 73.3 Å². The molecular formula is C18H24N5O8P. The van der Waals surface area contributed by atoms with E-state index in [0.717, 1.165) is 28.6 Å². The fourth-order valence-electron chi connectivity index (χ4n) is 2.94.